The number of nitrogens with zero attached hydrogens (tertiary/aromatic N) is 2. The number of hydrogen-bond acceptors (Lipinski definition) is 6. The van der Waals surface area contributed by atoms with Gasteiger partial charge in [-0.25, -0.2) is 27.4 Å². The van der Waals surface area contributed by atoms with Crippen molar-refractivity contribution in [3.8, 4) is 5.69 Å². The van der Waals surface area contributed by atoms with E-state index in [1.165, 1.54) is 28.9 Å². The van der Waals surface area contributed by atoms with Gasteiger partial charge in [0.25, 0.3) is 10.0 Å². The molecule has 33 heavy (non-hydrogen) atoms. The Morgan fingerprint density at radius 2 is 1.73 bits per heavy atom. The minimum Gasteiger partial charge on any atom is -0.461 e. The first-order chi connectivity index (χ1) is 15.8. The van der Waals surface area contributed by atoms with Gasteiger partial charge in [0.2, 0.25) is 0 Å². The van der Waals surface area contributed by atoms with Crippen LogP contribution in [0.15, 0.2) is 65.6 Å². The molecular weight excluding hydrogens is 444 g/mol. The smallest absolute Gasteiger partial charge is 0.358 e. The summed E-state index contributed by atoms with van der Waals surface area (Å²) in [4.78, 5) is 23.7. The first-order valence-electron chi connectivity index (χ1n) is 10.3. The van der Waals surface area contributed by atoms with Gasteiger partial charge in [0.1, 0.15) is 0 Å². The van der Waals surface area contributed by atoms with Gasteiger partial charge in [-0.05, 0) is 55.8 Å². The number of carbonyl (C=O) groups excluding carboxylic acids is 2. The normalized spacial score (nSPS) is 11.3. The molecule has 2 aromatic carbocycles. The van der Waals surface area contributed by atoms with Gasteiger partial charge in [0.05, 0.1) is 22.9 Å². The van der Waals surface area contributed by atoms with E-state index in [1.54, 1.807) is 26.0 Å². The molecule has 0 aliphatic heterocycles. The molecule has 0 aliphatic carbocycles. The van der Waals surface area contributed by atoms with Crippen molar-refractivity contribution in [1.29, 1.82) is 0 Å². The molecule has 172 valence electrons. The van der Waals surface area contributed by atoms with Crippen LogP contribution in [0.1, 0.15) is 35.6 Å². The van der Waals surface area contributed by atoms with E-state index in [0.717, 1.165) is 5.56 Å². The molecule has 0 saturated heterocycles. The summed E-state index contributed by atoms with van der Waals surface area (Å²) in [5, 5.41) is 6.71. The van der Waals surface area contributed by atoms with Crippen molar-refractivity contribution in [2.75, 3.05) is 13.2 Å². The lowest BCUT2D eigenvalue weighted by atomic mass is 10.2. The Bertz CT molecular complexity index is 1250. The maximum Gasteiger partial charge on any atom is 0.358 e. The molecular formula is C23H24N4O5S. The van der Waals surface area contributed by atoms with Crippen LogP contribution in [-0.4, -0.2) is 43.4 Å². The van der Waals surface area contributed by atoms with Crippen LogP contribution in [-0.2, 0) is 14.8 Å². The fourth-order valence-electron chi connectivity index (χ4n) is 2.92. The van der Waals surface area contributed by atoms with E-state index in [-0.39, 0.29) is 17.2 Å². The number of urea groups is 1. The van der Waals surface area contributed by atoms with Crippen molar-refractivity contribution in [3.05, 3.63) is 77.6 Å². The van der Waals surface area contributed by atoms with Gasteiger partial charge in [-0.15, -0.1) is 0 Å². The highest BCUT2D eigenvalue weighted by Gasteiger charge is 2.19. The zero-order valence-corrected chi connectivity index (χ0v) is 19.0. The van der Waals surface area contributed by atoms with Gasteiger partial charge >= 0.3 is 12.0 Å². The number of rotatable bonds is 8. The number of carbonyl (C=O) groups is 2. The summed E-state index contributed by atoms with van der Waals surface area (Å²) in [5.74, 6) is -0.559. The molecule has 2 amide bonds. The summed E-state index contributed by atoms with van der Waals surface area (Å²) in [6, 6.07) is 16.2. The number of hydrogen-bond donors (Lipinski definition) is 2. The number of esters is 1. The van der Waals surface area contributed by atoms with Gasteiger partial charge in [-0.2, -0.15) is 5.10 Å². The quantitative estimate of drug-likeness (QED) is 0.490. The molecule has 0 fully saturated rings. The average Bonchev–Trinajstić information content (AvgIpc) is 3.23. The summed E-state index contributed by atoms with van der Waals surface area (Å²) in [6.45, 7) is 3.90. The molecule has 0 atom stereocenters. The largest absolute Gasteiger partial charge is 0.461 e. The minimum atomic E-state index is -4.03. The fraction of sp³-hybridized carbons (Fsp3) is 0.174. The highest BCUT2D eigenvalue weighted by atomic mass is 32.2. The van der Waals surface area contributed by atoms with Gasteiger partial charge in [0.15, 0.2) is 5.69 Å². The first kappa shape index (κ1) is 23.7. The van der Waals surface area contributed by atoms with Gasteiger partial charge < -0.3 is 10.1 Å². The molecule has 9 nitrogen and oxygen atoms in total. The maximum atomic E-state index is 12.4. The van der Waals surface area contributed by atoms with E-state index in [1.807, 2.05) is 41.1 Å². The van der Waals surface area contributed by atoms with Crippen molar-refractivity contribution in [1.82, 2.24) is 19.8 Å². The van der Waals surface area contributed by atoms with E-state index < -0.39 is 22.0 Å². The third kappa shape index (κ3) is 6.07. The fourth-order valence-corrected chi connectivity index (χ4v) is 3.84. The lowest BCUT2D eigenvalue weighted by molar-refractivity contribution is 0.0519. The summed E-state index contributed by atoms with van der Waals surface area (Å²) in [5.41, 5.74) is 2.20. The molecule has 0 spiro atoms. The number of amides is 2. The van der Waals surface area contributed by atoms with Crippen LogP contribution in [0.5, 0.6) is 0 Å². The van der Waals surface area contributed by atoms with Crippen LogP contribution < -0.4 is 10.0 Å². The topological polar surface area (TPSA) is 119 Å². The summed E-state index contributed by atoms with van der Waals surface area (Å²) in [7, 11) is -4.03. The number of aromatic nitrogens is 2. The molecule has 0 radical (unpaired) electrons. The molecule has 0 aliphatic rings. The van der Waals surface area contributed by atoms with E-state index in [2.05, 4.69) is 10.4 Å². The Morgan fingerprint density at radius 3 is 2.36 bits per heavy atom. The molecule has 10 heteroatoms. The lowest BCUT2D eigenvalue weighted by Crippen LogP contribution is -2.39. The zero-order valence-electron chi connectivity index (χ0n) is 18.2. The van der Waals surface area contributed by atoms with Crippen LogP contribution >= 0.6 is 0 Å². The molecule has 2 N–H and O–H groups in total. The Labute approximate surface area is 192 Å². The maximum absolute atomic E-state index is 12.4. The summed E-state index contributed by atoms with van der Waals surface area (Å²) >= 11 is 0. The van der Waals surface area contributed by atoms with E-state index >= 15 is 0 Å². The molecule has 3 aromatic rings. The molecule has 0 bridgehead atoms. The van der Waals surface area contributed by atoms with Crippen molar-refractivity contribution in [3.63, 3.8) is 0 Å². The van der Waals surface area contributed by atoms with E-state index in [9.17, 15) is 18.0 Å². The van der Waals surface area contributed by atoms with Crippen molar-refractivity contribution >= 4 is 34.2 Å². The Morgan fingerprint density at radius 1 is 1.03 bits per heavy atom. The van der Waals surface area contributed by atoms with Crippen molar-refractivity contribution in [2.45, 2.75) is 18.7 Å². The number of sulfonamides is 1. The van der Waals surface area contributed by atoms with Crippen LogP contribution in [0.2, 0.25) is 0 Å². The lowest BCUT2D eigenvalue weighted by Gasteiger charge is -2.09. The van der Waals surface area contributed by atoms with E-state index in [0.29, 0.717) is 17.9 Å². The molecule has 1 heterocycles. The van der Waals surface area contributed by atoms with Gasteiger partial charge in [-0.1, -0.05) is 36.4 Å². The summed E-state index contributed by atoms with van der Waals surface area (Å²) < 4.78 is 33.3. The van der Waals surface area contributed by atoms with Crippen LogP contribution in [0, 0.1) is 0 Å². The Balaban J connectivity index is 1.94. The van der Waals surface area contributed by atoms with Gasteiger partial charge in [0, 0.05) is 6.54 Å². The second kappa shape index (κ2) is 10.6. The average molecular weight is 469 g/mol. The minimum absolute atomic E-state index is 0.0864. The number of benzene rings is 2. The van der Waals surface area contributed by atoms with Crippen molar-refractivity contribution in [2.24, 2.45) is 0 Å². The van der Waals surface area contributed by atoms with Crippen LogP contribution in [0.3, 0.4) is 0 Å². The SMILES string of the molecule is CCNC(=O)NS(=O)(=O)c1ccc(-n2nc(C(=O)OCC)cc2/C=C/c2ccccc2)cc1. The Kier molecular flexibility index (Phi) is 7.62. The second-order valence-electron chi connectivity index (χ2n) is 6.79. The monoisotopic (exact) mass is 468 g/mol. The molecule has 1 aromatic heterocycles. The van der Waals surface area contributed by atoms with Crippen LogP contribution in [0.4, 0.5) is 4.79 Å². The predicted octanol–water partition coefficient (Wildman–Crippen LogP) is 3.23. The number of ether oxygens (including phenoxy) is 1. The molecule has 3 rings (SSSR count). The molecule has 0 unspecified atom stereocenters. The summed E-state index contributed by atoms with van der Waals surface area (Å²) in [6.07, 6.45) is 3.67. The second-order valence-corrected chi connectivity index (χ2v) is 8.47. The standard InChI is InChI=1S/C23H24N4O5S/c1-3-24-23(29)26-33(30,31)20-14-12-18(13-15-20)27-19(11-10-17-8-6-5-7-9-17)16-21(25-27)22(28)32-4-2/h5-16H,3-4H2,1-2H3,(H2,24,26,29)/b11-10+. The van der Waals surface area contributed by atoms with E-state index in [4.69, 9.17) is 4.74 Å². The molecule has 0 saturated carbocycles. The Hall–Kier alpha value is -3.92. The first-order valence-corrected chi connectivity index (χ1v) is 11.7. The van der Waals surface area contributed by atoms with Crippen molar-refractivity contribution < 1.29 is 22.7 Å². The third-order valence-electron chi connectivity index (χ3n) is 4.42. The highest BCUT2D eigenvalue weighted by Crippen LogP contribution is 2.19. The zero-order chi connectivity index (χ0) is 23.8. The third-order valence-corrected chi connectivity index (χ3v) is 5.77. The van der Waals surface area contributed by atoms with Crippen LogP contribution in [0.25, 0.3) is 17.8 Å². The highest BCUT2D eigenvalue weighted by molar-refractivity contribution is 7.90. The predicted molar refractivity (Wildman–Crippen MR) is 124 cm³/mol. The number of nitrogens with one attached hydrogen (secondary N) is 2. The van der Waals surface area contributed by atoms with Gasteiger partial charge in [-0.3, -0.25) is 0 Å².